The van der Waals surface area contributed by atoms with Crippen LogP contribution < -0.4 is 11.1 Å². The van der Waals surface area contributed by atoms with E-state index >= 15 is 0 Å². The van der Waals surface area contributed by atoms with Gasteiger partial charge in [-0.25, -0.2) is 0 Å². The average molecular weight is 214 g/mol. The Morgan fingerprint density at radius 3 is 2.87 bits per heavy atom. The molecule has 15 heavy (non-hydrogen) atoms. The number of nitrogens with one attached hydrogen (secondary N) is 1. The molecule has 2 atom stereocenters. The van der Waals surface area contributed by atoms with Crippen molar-refractivity contribution in [1.29, 1.82) is 0 Å². The number of carbonyl (C=O) groups excluding carboxylic acids is 1. The zero-order valence-corrected chi connectivity index (χ0v) is 9.66. The predicted octanol–water partition coefficient (Wildman–Crippen LogP) is 0.513. The third-order valence-electron chi connectivity index (χ3n) is 2.84. The van der Waals surface area contributed by atoms with Crippen LogP contribution in [0.5, 0.6) is 0 Å². The molecule has 0 aliphatic carbocycles. The molecule has 0 aromatic rings. The van der Waals surface area contributed by atoms with Crippen LogP contribution in [-0.4, -0.2) is 31.7 Å². The molecule has 1 heterocycles. The second-order valence-corrected chi connectivity index (χ2v) is 4.60. The van der Waals surface area contributed by atoms with Crippen LogP contribution >= 0.6 is 0 Å². The van der Waals surface area contributed by atoms with E-state index in [-0.39, 0.29) is 11.8 Å². The van der Waals surface area contributed by atoms with E-state index in [9.17, 15) is 4.79 Å². The molecule has 0 aromatic heterocycles. The molecule has 0 aromatic carbocycles. The van der Waals surface area contributed by atoms with E-state index in [2.05, 4.69) is 5.32 Å². The van der Waals surface area contributed by atoms with Crippen LogP contribution in [0.4, 0.5) is 0 Å². The Hall–Kier alpha value is -0.610. The number of ether oxygens (including phenoxy) is 1. The Balaban J connectivity index is 2.20. The highest BCUT2D eigenvalue weighted by atomic mass is 16.5. The Morgan fingerprint density at radius 2 is 2.33 bits per heavy atom. The van der Waals surface area contributed by atoms with Crippen LogP contribution in [0.1, 0.15) is 26.7 Å². The van der Waals surface area contributed by atoms with Gasteiger partial charge in [0.05, 0.1) is 12.6 Å². The van der Waals surface area contributed by atoms with E-state index in [1.54, 1.807) is 0 Å². The summed E-state index contributed by atoms with van der Waals surface area (Å²) in [6.07, 6.45) is 2.23. The van der Waals surface area contributed by atoms with Crippen molar-refractivity contribution in [2.45, 2.75) is 32.7 Å². The molecule has 1 rings (SSSR count). The maximum atomic E-state index is 11.6. The van der Waals surface area contributed by atoms with Gasteiger partial charge in [-0.15, -0.1) is 0 Å². The summed E-state index contributed by atoms with van der Waals surface area (Å²) in [7, 11) is 0. The first kappa shape index (κ1) is 12.5. The Morgan fingerprint density at radius 1 is 1.60 bits per heavy atom. The van der Waals surface area contributed by atoms with Crippen molar-refractivity contribution in [1.82, 2.24) is 5.32 Å². The highest BCUT2D eigenvalue weighted by Crippen LogP contribution is 2.12. The van der Waals surface area contributed by atoms with Gasteiger partial charge in [-0.1, -0.05) is 13.8 Å². The smallest absolute Gasteiger partial charge is 0.237 e. The maximum Gasteiger partial charge on any atom is 0.237 e. The first-order chi connectivity index (χ1) is 7.11. The lowest BCUT2D eigenvalue weighted by atomic mass is 10.0. The van der Waals surface area contributed by atoms with Gasteiger partial charge < -0.3 is 15.8 Å². The van der Waals surface area contributed by atoms with Gasteiger partial charge in [0.25, 0.3) is 0 Å². The number of hydrogen-bond donors (Lipinski definition) is 2. The molecule has 1 saturated heterocycles. The summed E-state index contributed by atoms with van der Waals surface area (Å²) in [6, 6.07) is -0.394. The van der Waals surface area contributed by atoms with Crippen molar-refractivity contribution in [3.05, 3.63) is 0 Å². The van der Waals surface area contributed by atoms with E-state index in [0.29, 0.717) is 12.5 Å². The second kappa shape index (κ2) is 6.08. The van der Waals surface area contributed by atoms with Gasteiger partial charge in [0.1, 0.15) is 0 Å². The van der Waals surface area contributed by atoms with Crippen molar-refractivity contribution in [2.75, 3.05) is 19.8 Å². The topological polar surface area (TPSA) is 64.4 Å². The highest BCUT2D eigenvalue weighted by molar-refractivity contribution is 5.81. The van der Waals surface area contributed by atoms with Gasteiger partial charge in [-0.3, -0.25) is 4.79 Å². The van der Waals surface area contributed by atoms with Crippen LogP contribution in [0.3, 0.4) is 0 Å². The van der Waals surface area contributed by atoms with Crippen molar-refractivity contribution < 1.29 is 9.53 Å². The minimum absolute atomic E-state index is 0.0458. The van der Waals surface area contributed by atoms with Gasteiger partial charge in [0.15, 0.2) is 0 Å². The highest BCUT2D eigenvalue weighted by Gasteiger charge is 2.19. The molecule has 4 heteroatoms. The van der Waals surface area contributed by atoms with Crippen LogP contribution in [0.25, 0.3) is 0 Å². The van der Waals surface area contributed by atoms with Crippen molar-refractivity contribution in [3.8, 4) is 0 Å². The predicted molar refractivity (Wildman–Crippen MR) is 59.4 cm³/mol. The number of nitrogens with two attached hydrogens (primary N) is 1. The van der Waals surface area contributed by atoms with E-state index in [1.807, 2.05) is 13.8 Å². The lowest BCUT2D eigenvalue weighted by Gasteiger charge is -2.23. The average Bonchev–Trinajstić information content (AvgIpc) is 2.26. The zero-order valence-electron chi connectivity index (χ0n) is 9.66. The summed E-state index contributed by atoms with van der Waals surface area (Å²) < 4.78 is 5.34. The molecule has 1 amide bonds. The quantitative estimate of drug-likeness (QED) is 0.717. The zero-order chi connectivity index (χ0) is 11.3. The van der Waals surface area contributed by atoms with Gasteiger partial charge in [-0.05, 0) is 24.7 Å². The Bertz CT molecular complexity index is 201. The van der Waals surface area contributed by atoms with Crippen LogP contribution in [0, 0.1) is 11.8 Å². The Kier molecular flexibility index (Phi) is 5.05. The standard InChI is InChI=1S/C11H22N2O2/c1-8(2)10(12)11(14)13-6-9-4-3-5-15-7-9/h8-10H,3-7,12H2,1-2H3,(H,13,14)/t9?,10-/m1/s1. The first-order valence-electron chi connectivity index (χ1n) is 5.72. The third kappa shape index (κ3) is 4.18. The van der Waals surface area contributed by atoms with Crippen LogP contribution in [0.2, 0.25) is 0 Å². The lowest BCUT2D eigenvalue weighted by molar-refractivity contribution is -0.123. The fourth-order valence-corrected chi connectivity index (χ4v) is 1.63. The molecule has 4 nitrogen and oxygen atoms in total. The van der Waals surface area contributed by atoms with Crippen molar-refractivity contribution in [3.63, 3.8) is 0 Å². The molecule has 88 valence electrons. The minimum Gasteiger partial charge on any atom is -0.381 e. The summed E-state index contributed by atoms with van der Waals surface area (Å²) in [5, 5.41) is 2.89. The van der Waals surface area contributed by atoms with E-state index in [0.717, 1.165) is 26.1 Å². The number of carbonyl (C=O) groups is 1. The number of amides is 1. The summed E-state index contributed by atoms with van der Waals surface area (Å²) in [4.78, 5) is 11.6. The normalized spacial score (nSPS) is 23.9. The fraction of sp³-hybridized carbons (Fsp3) is 0.909. The fourth-order valence-electron chi connectivity index (χ4n) is 1.63. The van der Waals surface area contributed by atoms with E-state index < -0.39 is 6.04 Å². The molecular formula is C11H22N2O2. The molecule has 1 aliphatic rings. The summed E-state index contributed by atoms with van der Waals surface area (Å²) >= 11 is 0. The Labute approximate surface area is 91.5 Å². The van der Waals surface area contributed by atoms with Crippen LogP contribution in [0.15, 0.2) is 0 Å². The number of hydrogen-bond acceptors (Lipinski definition) is 3. The molecular weight excluding hydrogens is 192 g/mol. The van der Waals surface area contributed by atoms with Crippen molar-refractivity contribution >= 4 is 5.91 Å². The molecule has 0 saturated carbocycles. The van der Waals surface area contributed by atoms with E-state index in [4.69, 9.17) is 10.5 Å². The van der Waals surface area contributed by atoms with Crippen molar-refractivity contribution in [2.24, 2.45) is 17.6 Å². The molecule has 0 radical (unpaired) electrons. The van der Waals surface area contributed by atoms with Gasteiger partial charge in [0, 0.05) is 13.2 Å². The molecule has 0 bridgehead atoms. The molecule has 1 fully saturated rings. The van der Waals surface area contributed by atoms with Crippen LogP contribution in [-0.2, 0) is 9.53 Å². The monoisotopic (exact) mass is 214 g/mol. The first-order valence-corrected chi connectivity index (χ1v) is 5.72. The molecule has 1 unspecified atom stereocenters. The largest absolute Gasteiger partial charge is 0.381 e. The lowest BCUT2D eigenvalue weighted by Crippen LogP contribution is -2.46. The molecule has 3 N–H and O–H groups in total. The molecule has 0 spiro atoms. The van der Waals surface area contributed by atoms with Gasteiger partial charge in [-0.2, -0.15) is 0 Å². The minimum atomic E-state index is -0.394. The van der Waals surface area contributed by atoms with Gasteiger partial charge >= 0.3 is 0 Å². The molecule has 1 aliphatic heterocycles. The maximum absolute atomic E-state index is 11.6. The number of rotatable bonds is 4. The SMILES string of the molecule is CC(C)[C@@H](N)C(=O)NCC1CCCOC1. The summed E-state index contributed by atoms with van der Waals surface area (Å²) in [5.41, 5.74) is 5.73. The van der Waals surface area contributed by atoms with E-state index in [1.165, 1.54) is 0 Å². The third-order valence-corrected chi connectivity index (χ3v) is 2.84. The summed E-state index contributed by atoms with van der Waals surface area (Å²) in [5.74, 6) is 0.602. The second-order valence-electron chi connectivity index (χ2n) is 4.60. The summed E-state index contributed by atoms with van der Waals surface area (Å²) in [6.45, 7) is 6.22. The van der Waals surface area contributed by atoms with Gasteiger partial charge in [0.2, 0.25) is 5.91 Å².